The predicted molar refractivity (Wildman–Crippen MR) is 96.8 cm³/mol. The largest absolute Gasteiger partial charge is 0.478 e. The summed E-state index contributed by atoms with van der Waals surface area (Å²) < 4.78 is 0. The number of amides is 1. The lowest BCUT2D eigenvalue weighted by molar-refractivity contribution is -0.136. The molecule has 2 aromatic carbocycles. The number of likely N-dealkylation sites (tertiary alicyclic amines) is 1. The van der Waals surface area contributed by atoms with Gasteiger partial charge in [0.05, 0.1) is 12.0 Å². The Hall–Kier alpha value is -2.62. The fourth-order valence-corrected chi connectivity index (χ4v) is 3.38. The highest BCUT2D eigenvalue weighted by Crippen LogP contribution is 2.22. The molecule has 1 heterocycles. The number of aromatic carboxylic acids is 1. The highest BCUT2D eigenvalue weighted by Gasteiger charge is 2.30. The number of carboxylic acid groups (broad SMARTS) is 1. The SMILES string of the molecule is Cc1cccc(CC2CN(C(=O)Cc3ccc(C(=O)O)cc3C)C2)c1. The molecule has 4 nitrogen and oxygen atoms in total. The Balaban J connectivity index is 1.53. The van der Waals surface area contributed by atoms with Crippen molar-refractivity contribution in [2.45, 2.75) is 26.7 Å². The maximum absolute atomic E-state index is 12.4. The average molecular weight is 337 g/mol. The fraction of sp³-hybridized carbons (Fsp3) is 0.333. The molecule has 1 aliphatic heterocycles. The van der Waals surface area contributed by atoms with Gasteiger partial charge in [-0.15, -0.1) is 0 Å². The van der Waals surface area contributed by atoms with Crippen molar-refractivity contribution in [3.05, 3.63) is 70.3 Å². The number of hydrogen-bond donors (Lipinski definition) is 1. The van der Waals surface area contributed by atoms with Crippen LogP contribution in [0.2, 0.25) is 0 Å². The molecular formula is C21H23NO3. The molecule has 25 heavy (non-hydrogen) atoms. The van der Waals surface area contributed by atoms with Crippen LogP contribution < -0.4 is 0 Å². The van der Waals surface area contributed by atoms with Crippen LogP contribution in [-0.2, 0) is 17.6 Å². The van der Waals surface area contributed by atoms with Crippen LogP contribution in [0.15, 0.2) is 42.5 Å². The monoisotopic (exact) mass is 337 g/mol. The van der Waals surface area contributed by atoms with Crippen LogP contribution in [0.4, 0.5) is 0 Å². The van der Waals surface area contributed by atoms with Crippen LogP contribution in [0.1, 0.15) is 32.6 Å². The summed E-state index contributed by atoms with van der Waals surface area (Å²) in [5.74, 6) is -0.296. The maximum atomic E-state index is 12.4. The molecule has 0 aromatic heterocycles. The zero-order valence-electron chi connectivity index (χ0n) is 14.7. The third kappa shape index (κ3) is 4.08. The van der Waals surface area contributed by atoms with E-state index in [2.05, 4.69) is 31.2 Å². The highest BCUT2D eigenvalue weighted by atomic mass is 16.4. The summed E-state index contributed by atoms with van der Waals surface area (Å²) in [6.45, 7) is 5.56. The number of carboxylic acids is 1. The Morgan fingerprint density at radius 3 is 2.52 bits per heavy atom. The van der Waals surface area contributed by atoms with Gasteiger partial charge >= 0.3 is 5.97 Å². The third-order valence-electron chi connectivity index (χ3n) is 4.85. The van der Waals surface area contributed by atoms with Crippen molar-refractivity contribution in [1.82, 2.24) is 4.90 Å². The Kier molecular flexibility index (Phi) is 4.88. The van der Waals surface area contributed by atoms with Crippen molar-refractivity contribution in [2.75, 3.05) is 13.1 Å². The van der Waals surface area contributed by atoms with Crippen molar-refractivity contribution in [1.29, 1.82) is 0 Å². The summed E-state index contributed by atoms with van der Waals surface area (Å²) in [5.41, 5.74) is 4.61. The molecule has 2 aromatic rings. The molecular weight excluding hydrogens is 314 g/mol. The minimum absolute atomic E-state index is 0.117. The van der Waals surface area contributed by atoms with Gasteiger partial charge in [0.2, 0.25) is 5.91 Å². The summed E-state index contributed by atoms with van der Waals surface area (Å²) >= 11 is 0. The molecule has 0 saturated carbocycles. The molecule has 1 aliphatic rings. The van der Waals surface area contributed by atoms with E-state index in [1.165, 1.54) is 11.1 Å². The highest BCUT2D eigenvalue weighted by molar-refractivity contribution is 5.88. The van der Waals surface area contributed by atoms with Gasteiger partial charge in [0.15, 0.2) is 0 Å². The summed E-state index contributed by atoms with van der Waals surface area (Å²) in [6.07, 6.45) is 1.35. The molecule has 0 unspecified atom stereocenters. The smallest absolute Gasteiger partial charge is 0.335 e. The zero-order chi connectivity index (χ0) is 18.0. The van der Waals surface area contributed by atoms with Crippen molar-refractivity contribution < 1.29 is 14.7 Å². The van der Waals surface area contributed by atoms with E-state index < -0.39 is 5.97 Å². The van der Waals surface area contributed by atoms with E-state index in [4.69, 9.17) is 5.11 Å². The van der Waals surface area contributed by atoms with Crippen LogP contribution in [-0.4, -0.2) is 35.0 Å². The van der Waals surface area contributed by atoms with Gasteiger partial charge in [-0.2, -0.15) is 0 Å². The molecule has 4 heteroatoms. The van der Waals surface area contributed by atoms with Gasteiger partial charge in [0.25, 0.3) is 0 Å². The minimum atomic E-state index is -0.942. The van der Waals surface area contributed by atoms with Crippen LogP contribution in [0.5, 0.6) is 0 Å². The third-order valence-corrected chi connectivity index (χ3v) is 4.85. The normalized spacial score (nSPS) is 14.2. The first-order chi connectivity index (χ1) is 11.9. The summed E-state index contributed by atoms with van der Waals surface area (Å²) in [7, 11) is 0. The summed E-state index contributed by atoms with van der Waals surface area (Å²) in [5, 5.41) is 9.01. The van der Waals surface area contributed by atoms with E-state index in [1.54, 1.807) is 18.2 Å². The minimum Gasteiger partial charge on any atom is -0.478 e. The molecule has 1 amide bonds. The second-order valence-corrected chi connectivity index (χ2v) is 6.98. The van der Waals surface area contributed by atoms with Crippen LogP contribution in [0.25, 0.3) is 0 Å². The lowest BCUT2D eigenvalue weighted by atomic mass is 9.91. The Morgan fingerprint density at radius 1 is 1.12 bits per heavy atom. The molecule has 0 bridgehead atoms. The number of rotatable bonds is 5. The molecule has 3 rings (SSSR count). The van der Waals surface area contributed by atoms with E-state index >= 15 is 0 Å². The van der Waals surface area contributed by atoms with Crippen molar-refractivity contribution in [2.24, 2.45) is 5.92 Å². The first-order valence-corrected chi connectivity index (χ1v) is 8.58. The molecule has 1 fully saturated rings. The second kappa shape index (κ2) is 7.09. The number of nitrogens with zero attached hydrogens (tertiary/aromatic N) is 1. The topological polar surface area (TPSA) is 57.6 Å². The molecule has 1 N–H and O–H groups in total. The van der Waals surface area contributed by atoms with Gasteiger partial charge in [0.1, 0.15) is 0 Å². The van der Waals surface area contributed by atoms with Crippen molar-refractivity contribution in [3.8, 4) is 0 Å². The molecule has 0 atom stereocenters. The summed E-state index contributed by atoms with van der Waals surface area (Å²) in [6, 6.07) is 13.5. The average Bonchev–Trinajstić information content (AvgIpc) is 2.52. The molecule has 0 spiro atoms. The number of benzene rings is 2. The number of carbonyl (C=O) groups is 2. The first-order valence-electron chi connectivity index (χ1n) is 8.58. The van der Waals surface area contributed by atoms with Crippen molar-refractivity contribution >= 4 is 11.9 Å². The standard InChI is InChI=1S/C21H23NO3/c1-14-4-3-5-16(8-14)10-17-12-22(13-17)20(23)11-18-6-7-19(21(24)25)9-15(18)2/h3-9,17H,10-13H2,1-2H3,(H,24,25). The van der Waals surface area contributed by atoms with E-state index in [9.17, 15) is 9.59 Å². The number of aryl methyl sites for hydroxylation is 2. The zero-order valence-corrected chi connectivity index (χ0v) is 14.7. The Bertz CT molecular complexity index is 807. The van der Waals surface area contributed by atoms with Gasteiger partial charge in [-0.3, -0.25) is 4.79 Å². The van der Waals surface area contributed by atoms with Gasteiger partial charge in [-0.25, -0.2) is 4.79 Å². The van der Waals surface area contributed by atoms with Crippen molar-refractivity contribution in [3.63, 3.8) is 0 Å². The number of hydrogen-bond acceptors (Lipinski definition) is 2. The molecule has 0 radical (unpaired) electrons. The fourth-order valence-electron chi connectivity index (χ4n) is 3.38. The van der Waals surface area contributed by atoms with Crippen LogP contribution >= 0.6 is 0 Å². The van der Waals surface area contributed by atoms with E-state index in [-0.39, 0.29) is 11.5 Å². The second-order valence-electron chi connectivity index (χ2n) is 6.98. The van der Waals surface area contributed by atoms with Gasteiger partial charge < -0.3 is 10.0 Å². The van der Waals surface area contributed by atoms with E-state index in [0.717, 1.165) is 30.6 Å². The maximum Gasteiger partial charge on any atom is 0.335 e. The van der Waals surface area contributed by atoms with Gasteiger partial charge in [-0.1, -0.05) is 35.9 Å². The molecule has 0 aliphatic carbocycles. The number of carbonyl (C=O) groups excluding carboxylic acids is 1. The lowest BCUT2D eigenvalue weighted by Gasteiger charge is -2.39. The van der Waals surface area contributed by atoms with Gasteiger partial charge in [0, 0.05) is 13.1 Å². The van der Waals surface area contributed by atoms with Crippen LogP contribution in [0, 0.1) is 19.8 Å². The van der Waals surface area contributed by atoms with Gasteiger partial charge in [-0.05, 0) is 55.0 Å². The molecule has 130 valence electrons. The lowest BCUT2D eigenvalue weighted by Crippen LogP contribution is -2.51. The first kappa shape index (κ1) is 17.2. The van der Waals surface area contributed by atoms with E-state index in [1.807, 2.05) is 11.8 Å². The Labute approximate surface area is 148 Å². The quantitative estimate of drug-likeness (QED) is 0.911. The van der Waals surface area contributed by atoms with Crippen LogP contribution in [0.3, 0.4) is 0 Å². The summed E-state index contributed by atoms with van der Waals surface area (Å²) in [4.78, 5) is 25.3. The molecule has 1 saturated heterocycles. The van der Waals surface area contributed by atoms with E-state index in [0.29, 0.717) is 12.3 Å². The Morgan fingerprint density at radius 2 is 1.88 bits per heavy atom. The predicted octanol–water partition coefficient (Wildman–Crippen LogP) is 3.25.